The maximum atomic E-state index is 10.9. The third-order valence-electron chi connectivity index (χ3n) is 2.68. The molecule has 0 aromatic carbocycles. The van der Waals surface area contributed by atoms with Crippen molar-refractivity contribution < 1.29 is 4.79 Å². The molecule has 3 aromatic rings. The summed E-state index contributed by atoms with van der Waals surface area (Å²) in [6.07, 6.45) is 7.76. The van der Waals surface area contributed by atoms with Gasteiger partial charge in [0, 0.05) is 46.9 Å². The Labute approximate surface area is 97.3 Å². The molecule has 82 valence electrons. The van der Waals surface area contributed by atoms with Crippen LogP contribution in [0.2, 0.25) is 0 Å². The molecule has 0 saturated carbocycles. The Hall–Kier alpha value is -2.49. The maximum Gasteiger partial charge on any atom is 0.152 e. The number of fused-ring (bicyclic) bond motifs is 1. The van der Waals surface area contributed by atoms with E-state index >= 15 is 0 Å². The van der Waals surface area contributed by atoms with Gasteiger partial charge in [0.25, 0.3) is 0 Å². The van der Waals surface area contributed by atoms with Crippen molar-refractivity contribution in [1.82, 2.24) is 15.0 Å². The largest absolute Gasteiger partial charge is 0.345 e. The molecule has 3 rings (SSSR count). The number of rotatable bonds is 2. The second kappa shape index (κ2) is 3.83. The number of carbonyl (C=O) groups is 1. The van der Waals surface area contributed by atoms with Crippen LogP contribution in [0.25, 0.3) is 22.2 Å². The van der Waals surface area contributed by atoms with E-state index in [2.05, 4.69) is 15.0 Å². The molecule has 0 spiro atoms. The lowest BCUT2D eigenvalue weighted by Crippen LogP contribution is -1.83. The van der Waals surface area contributed by atoms with Gasteiger partial charge in [-0.05, 0) is 12.1 Å². The number of H-pyrrole nitrogens is 1. The second-order valence-electron chi connectivity index (χ2n) is 3.72. The summed E-state index contributed by atoms with van der Waals surface area (Å²) in [5.41, 5.74) is 3.28. The lowest BCUT2D eigenvalue weighted by atomic mass is 10.1. The van der Waals surface area contributed by atoms with Gasteiger partial charge in [0.05, 0.1) is 0 Å². The molecular weight excluding hydrogens is 214 g/mol. The van der Waals surface area contributed by atoms with E-state index < -0.39 is 0 Å². The minimum atomic E-state index is 0.623. The van der Waals surface area contributed by atoms with E-state index in [1.165, 1.54) is 0 Å². The molecular formula is C13H9N3O. The average molecular weight is 223 g/mol. The number of pyridine rings is 2. The van der Waals surface area contributed by atoms with Gasteiger partial charge in [-0.1, -0.05) is 6.07 Å². The van der Waals surface area contributed by atoms with Gasteiger partial charge in [0.15, 0.2) is 6.29 Å². The van der Waals surface area contributed by atoms with Gasteiger partial charge in [0.1, 0.15) is 5.65 Å². The van der Waals surface area contributed by atoms with Crippen molar-refractivity contribution in [1.29, 1.82) is 0 Å². The summed E-state index contributed by atoms with van der Waals surface area (Å²) in [6.45, 7) is 0. The summed E-state index contributed by atoms with van der Waals surface area (Å²) in [4.78, 5) is 22.2. The van der Waals surface area contributed by atoms with Crippen LogP contribution in [0.1, 0.15) is 10.4 Å². The molecule has 0 fully saturated rings. The van der Waals surface area contributed by atoms with E-state index in [0.717, 1.165) is 28.4 Å². The molecule has 0 atom stereocenters. The van der Waals surface area contributed by atoms with E-state index in [0.29, 0.717) is 5.56 Å². The zero-order chi connectivity index (χ0) is 11.7. The topological polar surface area (TPSA) is 58.6 Å². The lowest BCUT2D eigenvalue weighted by Gasteiger charge is -2.00. The summed E-state index contributed by atoms with van der Waals surface area (Å²) >= 11 is 0. The molecule has 3 heterocycles. The van der Waals surface area contributed by atoms with Gasteiger partial charge in [-0.25, -0.2) is 4.98 Å². The molecule has 0 amide bonds. The van der Waals surface area contributed by atoms with Crippen molar-refractivity contribution in [2.24, 2.45) is 0 Å². The second-order valence-corrected chi connectivity index (χ2v) is 3.72. The van der Waals surface area contributed by atoms with Crippen molar-refractivity contribution in [2.75, 3.05) is 0 Å². The Balaban J connectivity index is 2.22. The summed E-state index contributed by atoms with van der Waals surface area (Å²) in [6, 6.07) is 5.78. The first-order chi connectivity index (χ1) is 8.38. The first kappa shape index (κ1) is 9.72. The first-order valence-electron chi connectivity index (χ1n) is 5.21. The Bertz CT molecular complexity index is 673. The number of carbonyl (C=O) groups excluding carboxylic acids is 1. The maximum absolute atomic E-state index is 10.9. The fourth-order valence-corrected chi connectivity index (χ4v) is 1.81. The lowest BCUT2D eigenvalue weighted by molar-refractivity contribution is 0.112. The van der Waals surface area contributed by atoms with E-state index in [1.54, 1.807) is 24.8 Å². The average Bonchev–Trinajstić information content (AvgIpc) is 2.81. The minimum Gasteiger partial charge on any atom is -0.345 e. The highest BCUT2D eigenvalue weighted by atomic mass is 16.1. The van der Waals surface area contributed by atoms with Crippen LogP contribution in [0.15, 0.2) is 43.0 Å². The zero-order valence-electron chi connectivity index (χ0n) is 8.92. The highest BCUT2D eigenvalue weighted by Gasteiger charge is 2.06. The van der Waals surface area contributed by atoms with Gasteiger partial charge in [-0.2, -0.15) is 0 Å². The number of nitrogens with zero attached hydrogens (tertiary/aromatic N) is 2. The number of aromatic amines is 1. The molecule has 17 heavy (non-hydrogen) atoms. The van der Waals surface area contributed by atoms with Gasteiger partial charge in [0.2, 0.25) is 0 Å². The Morgan fingerprint density at radius 3 is 2.94 bits per heavy atom. The number of hydrogen-bond acceptors (Lipinski definition) is 3. The number of nitrogens with one attached hydrogen (secondary N) is 1. The predicted octanol–water partition coefficient (Wildman–Crippen LogP) is 2.44. The highest BCUT2D eigenvalue weighted by Crippen LogP contribution is 2.23. The number of aromatic nitrogens is 3. The fraction of sp³-hybridized carbons (Fsp3) is 0. The van der Waals surface area contributed by atoms with Crippen LogP contribution in [0.4, 0.5) is 0 Å². The fourth-order valence-electron chi connectivity index (χ4n) is 1.81. The smallest absolute Gasteiger partial charge is 0.152 e. The van der Waals surface area contributed by atoms with Gasteiger partial charge in [-0.15, -0.1) is 0 Å². The third-order valence-corrected chi connectivity index (χ3v) is 2.68. The summed E-state index contributed by atoms with van der Waals surface area (Å²) < 4.78 is 0. The normalized spacial score (nSPS) is 10.6. The van der Waals surface area contributed by atoms with E-state index in [-0.39, 0.29) is 0 Å². The van der Waals surface area contributed by atoms with Crippen LogP contribution in [0, 0.1) is 0 Å². The molecule has 4 nitrogen and oxygen atoms in total. The number of aldehydes is 1. The van der Waals surface area contributed by atoms with Crippen LogP contribution >= 0.6 is 0 Å². The molecule has 0 saturated heterocycles. The molecule has 3 aromatic heterocycles. The van der Waals surface area contributed by atoms with Crippen molar-refractivity contribution in [3.8, 4) is 11.1 Å². The Kier molecular flexibility index (Phi) is 2.19. The molecule has 0 radical (unpaired) electrons. The van der Waals surface area contributed by atoms with E-state index in [1.807, 2.05) is 18.2 Å². The van der Waals surface area contributed by atoms with Crippen LogP contribution < -0.4 is 0 Å². The van der Waals surface area contributed by atoms with Crippen molar-refractivity contribution in [3.05, 3.63) is 48.5 Å². The van der Waals surface area contributed by atoms with Crippen molar-refractivity contribution >= 4 is 17.3 Å². The Morgan fingerprint density at radius 2 is 2.18 bits per heavy atom. The minimum absolute atomic E-state index is 0.623. The van der Waals surface area contributed by atoms with E-state index in [4.69, 9.17) is 0 Å². The molecule has 0 aliphatic rings. The quantitative estimate of drug-likeness (QED) is 0.679. The van der Waals surface area contributed by atoms with Crippen molar-refractivity contribution in [3.63, 3.8) is 0 Å². The van der Waals surface area contributed by atoms with Gasteiger partial charge >= 0.3 is 0 Å². The standard InChI is InChI=1S/C13H9N3O/c17-8-11-7-16-13-12(11)4-10(6-15-13)9-2-1-3-14-5-9/h1-8H,(H,15,16). The first-order valence-corrected chi connectivity index (χ1v) is 5.21. The van der Waals surface area contributed by atoms with E-state index in [9.17, 15) is 4.79 Å². The number of hydrogen-bond donors (Lipinski definition) is 1. The molecule has 4 heteroatoms. The SMILES string of the molecule is O=Cc1c[nH]c2ncc(-c3cccnc3)cc12. The summed E-state index contributed by atoms with van der Waals surface area (Å²) in [5.74, 6) is 0. The van der Waals surface area contributed by atoms with Crippen LogP contribution in [0.3, 0.4) is 0 Å². The van der Waals surface area contributed by atoms with Crippen molar-refractivity contribution in [2.45, 2.75) is 0 Å². The highest BCUT2D eigenvalue weighted by molar-refractivity contribution is 5.97. The molecule has 1 N–H and O–H groups in total. The zero-order valence-corrected chi connectivity index (χ0v) is 8.92. The molecule has 0 unspecified atom stereocenters. The van der Waals surface area contributed by atoms with Crippen LogP contribution in [0.5, 0.6) is 0 Å². The molecule has 0 aliphatic carbocycles. The predicted molar refractivity (Wildman–Crippen MR) is 64.7 cm³/mol. The third kappa shape index (κ3) is 1.59. The van der Waals surface area contributed by atoms with Crippen LogP contribution in [-0.2, 0) is 0 Å². The van der Waals surface area contributed by atoms with Crippen LogP contribution in [-0.4, -0.2) is 21.2 Å². The van der Waals surface area contributed by atoms with Gasteiger partial charge in [-0.3, -0.25) is 9.78 Å². The Morgan fingerprint density at radius 1 is 1.24 bits per heavy atom. The van der Waals surface area contributed by atoms with Gasteiger partial charge < -0.3 is 4.98 Å². The molecule has 0 aliphatic heterocycles. The molecule has 0 bridgehead atoms. The monoisotopic (exact) mass is 223 g/mol. The summed E-state index contributed by atoms with van der Waals surface area (Å²) in [7, 11) is 0. The summed E-state index contributed by atoms with van der Waals surface area (Å²) in [5, 5.41) is 0.835.